The predicted octanol–water partition coefficient (Wildman–Crippen LogP) is 4.23. The largest absolute Gasteiger partial charge is 0.377 e. The van der Waals surface area contributed by atoms with Crippen LogP contribution >= 0.6 is 0 Å². The average Bonchev–Trinajstić information content (AvgIpc) is 3.40. The molecule has 238 valence electrons. The third-order valence-electron chi connectivity index (χ3n) is 10.2. The van der Waals surface area contributed by atoms with Crippen molar-refractivity contribution in [3.63, 3.8) is 0 Å². The second-order valence-electron chi connectivity index (χ2n) is 13.1. The molecular weight excluding hydrogens is 554 g/mol. The molecule has 10 heteroatoms. The number of alkyl halides is 2. The van der Waals surface area contributed by atoms with Gasteiger partial charge in [-0.2, -0.15) is 0 Å². The van der Waals surface area contributed by atoms with E-state index in [1.165, 1.54) is 5.56 Å². The fraction of sp³-hybridized carbons (Fsp3) is 0.727. The second-order valence-corrected chi connectivity index (χ2v) is 13.1. The molecule has 2 saturated heterocycles. The van der Waals surface area contributed by atoms with Crippen molar-refractivity contribution in [1.82, 2.24) is 20.4 Å². The molecule has 3 amide bonds. The molecule has 2 heterocycles. The Morgan fingerprint density at radius 3 is 2.53 bits per heavy atom. The number of hydrogen-bond donors (Lipinski definition) is 2. The number of rotatable bonds is 9. The van der Waals surface area contributed by atoms with Crippen molar-refractivity contribution in [3.05, 3.63) is 35.4 Å². The molecule has 5 rings (SSSR count). The fourth-order valence-corrected chi connectivity index (χ4v) is 7.46. The van der Waals surface area contributed by atoms with Crippen LogP contribution in [0.15, 0.2) is 24.3 Å². The Balaban J connectivity index is 1.41. The van der Waals surface area contributed by atoms with Crippen molar-refractivity contribution in [3.8, 4) is 0 Å². The van der Waals surface area contributed by atoms with Gasteiger partial charge in [-0.1, -0.05) is 38.1 Å². The fourth-order valence-electron chi connectivity index (χ4n) is 7.46. The summed E-state index contributed by atoms with van der Waals surface area (Å²) in [4.78, 5) is 45.6. The first kappa shape index (κ1) is 31.8. The number of hydrogen-bond acceptors (Lipinski definition) is 5. The highest BCUT2D eigenvalue weighted by atomic mass is 19.3. The van der Waals surface area contributed by atoms with E-state index in [0.29, 0.717) is 32.7 Å². The number of carbonyl (C=O) groups is 3. The molecule has 2 aliphatic heterocycles. The Morgan fingerprint density at radius 1 is 1.07 bits per heavy atom. The van der Waals surface area contributed by atoms with E-state index in [0.717, 1.165) is 31.2 Å². The number of fused-ring (bicyclic) bond motifs is 2. The molecule has 3 fully saturated rings. The smallest absolute Gasteiger partial charge is 0.248 e. The Kier molecular flexibility index (Phi) is 10.1. The van der Waals surface area contributed by atoms with Crippen molar-refractivity contribution in [1.29, 1.82) is 0 Å². The van der Waals surface area contributed by atoms with Gasteiger partial charge in [0.1, 0.15) is 12.1 Å². The Bertz CT molecular complexity index is 1160. The molecule has 1 saturated carbocycles. The van der Waals surface area contributed by atoms with E-state index >= 15 is 0 Å². The molecule has 8 nitrogen and oxygen atoms in total. The highest BCUT2D eigenvalue weighted by Gasteiger charge is 2.48. The lowest BCUT2D eigenvalue weighted by molar-refractivity contribution is -0.150. The first-order chi connectivity index (χ1) is 20.6. The second kappa shape index (κ2) is 13.6. The summed E-state index contributed by atoms with van der Waals surface area (Å²) in [7, 11) is 0. The topological polar surface area (TPSA) is 91.0 Å². The van der Waals surface area contributed by atoms with Gasteiger partial charge in [-0.05, 0) is 68.9 Å². The van der Waals surface area contributed by atoms with Gasteiger partial charge in [0, 0.05) is 51.0 Å². The SMILES string of the molecule is CCO[C@@H]1C[C@@H]2CN(C(=O)[C@@H](NC(=O)[C@H](C)CC)C3CCC(F)(F)CC3)[C@H](C(=O)N[C@@H]3CCCc4ccccc43)CN2C1. The van der Waals surface area contributed by atoms with Gasteiger partial charge in [0.15, 0.2) is 0 Å². The number of carbonyl (C=O) groups excluding carboxylic acids is 3. The summed E-state index contributed by atoms with van der Waals surface area (Å²) < 4.78 is 34.2. The monoisotopic (exact) mass is 602 g/mol. The Morgan fingerprint density at radius 2 is 1.81 bits per heavy atom. The van der Waals surface area contributed by atoms with Crippen LogP contribution in [0, 0.1) is 11.8 Å². The zero-order chi connectivity index (χ0) is 30.7. The number of benzene rings is 1. The van der Waals surface area contributed by atoms with Crippen LogP contribution in [0.1, 0.15) is 89.3 Å². The quantitative estimate of drug-likeness (QED) is 0.442. The van der Waals surface area contributed by atoms with Crippen LogP contribution < -0.4 is 10.6 Å². The van der Waals surface area contributed by atoms with Crippen LogP contribution in [0.3, 0.4) is 0 Å². The maximum Gasteiger partial charge on any atom is 0.248 e. The minimum absolute atomic E-state index is 0.0282. The molecule has 0 unspecified atom stereocenters. The maximum absolute atomic E-state index is 14.5. The average molecular weight is 603 g/mol. The van der Waals surface area contributed by atoms with Gasteiger partial charge in [-0.3, -0.25) is 19.3 Å². The normalized spacial score (nSPS) is 28.8. The summed E-state index contributed by atoms with van der Waals surface area (Å²) in [5.74, 6) is -4.29. The van der Waals surface area contributed by atoms with Crippen LogP contribution in [0.5, 0.6) is 0 Å². The number of ether oxygens (including phenoxy) is 1. The lowest BCUT2D eigenvalue weighted by atomic mass is 9.81. The summed E-state index contributed by atoms with van der Waals surface area (Å²) in [6.45, 7) is 7.66. The first-order valence-electron chi connectivity index (χ1n) is 16.3. The number of nitrogens with zero attached hydrogens (tertiary/aromatic N) is 2. The van der Waals surface area contributed by atoms with E-state index < -0.39 is 23.9 Å². The molecule has 0 aromatic heterocycles. The van der Waals surface area contributed by atoms with Crippen molar-refractivity contribution in [2.45, 2.75) is 115 Å². The van der Waals surface area contributed by atoms with Gasteiger partial charge < -0.3 is 20.3 Å². The molecule has 4 aliphatic rings. The number of aryl methyl sites for hydroxylation is 1. The molecule has 0 spiro atoms. The Labute approximate surface area is 254 Å². The third kappa shape index (κ3) is 7.22. The van der Waals surface area contributed by atoms with Crippen molar-refractivity contribution in [2.24, 2.45) is 11.8 Å². The van der Waals surface area contributed by atoms with Crippen molar-refractivity contribution >= 4 is 17.7 Å². The summed E-state index contributed by atoms with van der Waals surface area (Å²) in [5.41, 5.74) is 2.35. The van der Waals surface area contributed by atoms with Crippen LogP contribution in [-0.4, -0.2) is 83.9 Å². The molecular formula is C33H48F2N4O4. The zero-order valence-corrected chi connectivity index (χ0v) is 25.8. The van der Waals surface area contributed by atoms with E-state index in [9.17, 15) is 23.2 Å². The minimum atomic E-state index is -2.76. The predicted molar refractivity (Wildman–Crippen MR) is 159 cm³/mol. The van der Waals surface area contributed by atoms with Crippen LogP contribution in [0.25, 0.3) is 0 Å². The summed E-state index contributed by atoms with van der Waals surface area (Å²) in [6, 6.07) is 6.36. The molecule has 1 aromatic rings. The summed E-state index contributed by atoms with van der Waals surface area (Å²) in [5, 5.41) is 6.23. The van der Waals surface area contributed by atoms with Gasteiger partial charge in [0.2, 0.25) is 23.6 Å². The van der Waals surface area contributed by atoms with Gasteiger partial charge in [0.05, 0.1) is 12.1 Å². The molecule has 0 radical (unpaired) electrons. The molecule has 0 bridgehead atoms. The lowest BCUT2D eigenvalue weighted by Gasteiger charge is -2.45. The number of piperazine rings is 1. The zero-order valence-electron chi connectivity index (χ0n) is 25.8. The minimum Gasteiger partial charge on any atom is -0.377 e. The van der Waals surface area contributed by atoms with Gasteiger partial charge in [0.25, 0.3) is 0 Å². The van der Waals surface area contributed by atoms with Crippen molar-refractivity contribution in [2.75, 3.05) is 26.2 Å². The van der Waals surface area contributed by atoms with E-state index in [4.69, 9.17) is 4.74 Å². The number of halogens is 2. The molecule has 1 aromatic carbocycles. The standard InChI is InChI=1S/C33H48F2N4O4/c1-4-21(3)30(40)37-29(23-13-15-33(34,35)16-14-23)32(42)39-18-24-17-25(43-5-2)19-38(24)20-28(39)31(41)36-27-12-8-10-22-9-6-7-11-26(22)27/h6-7,9,11,21,23-25,27-29H,4-5,8,10,12-20H2,1-3H3,(H,36,41)(H,37,40)/t21-,24-,25-,27-,28+,29+/m1/s1. The van der Waals surface area contributed by atoms with Crippen LogP contribution in [0.2, 0.25) is 0 Å². The molecule has 2 N–H and O–H groups in total. The van der Waals surface area contributed by atoms with Gasteiger partial charge in [-0.15, -0.1) is 0 Å². The number of amides is 3. The van der Waals surface area contributed by atoms with Gasteiger partial charge in [-0.25, -0.2) is 8.78 Å². The molecule has 43 heavy (non-hydrogen) atoms. The number of nitrogens with one attached hydrogen (secondary N) is 2. The first-order valence-corrected chi connectivity index (χ1v) is 16.3. The lowest BCUT2D eigenvalue weighted by Crippen LogP contribution is -2.66. The van der Waals surface area contributed by atoms with E-state index in [2.05, 4.69) is 27.7 Å². The van der Waals surface area contributed by atoms with E-state index in [1.54, 1.807) is 11.8 Å². The highest BCUT2D eigenvalue weighted by Crippen LogP contribution is 2.39. The highest BCUT2D eigenvalue weighted by molar-refractivity contribution is 5.93. The third-order valence-corrected chi connectivity index (χ3v) is 10.2. The molecule has 2 aliphatic carbocycles. The Hall–Kier alpha value is -2.59. The van der Waals surface area contributed by atoms with Crippen LogP contribution in [0.4, 0.5) is 8.78 Å². The summed E-state index contributed by atoms with van der Waals surface area (Å²) in [6.07, 6.45) is 3.83. The van der Waals surface area contributed by atoms with Crippen LogP contribution in [-0.2, 0) is 25.5 Å². The van der Waals surface area contributed by atoms with Gasteiger partial charge >= 0.3 is 0 Å². The maximum atomic E-state index is 14.5. The van der Waals surface area contributed by atoms with E-state index in [1.807, 2.05) is 26.0 Å². The van der Waals surface area contributed by atoms with E-state index in [-0.39, 0.29) is 67.5 Å². The summed E-state index contributed by atoms with van der Waals surface area (Å²) >= 11 is 0. The molecule has 6 atom stereocenters. The van der Waals surface area contributed by atoms with Crippen molar-refractivity contribution < 1.29 is 27.9 Å².